The Kier molecular flexibility index (Phi) is 4.62. The molecular formula is C34H26N2. The largest absolute Gasteiger partial charge is 0.336 e. The second-order valence-corrected chi connectivity index (χ2v) is 9.59. The molecule has 7 rings (SSSR count). The highest BCUT2D eigenvalue weighted by molar-refractivity contribution is 6.28. The average Bonchev–Trinajstić information content (AvgIpc) is 3.42. The first-order valence-corrected chi connectivity index (χ1v) is 12.4. The van der Waals surface area contributed by atoms with E-state index in [9.17, 15) is 0 Å². The summed E-state index contributed by atoms with van der Waals surface area (Å²) in [4.78, 5) is 0. The Morgan fingerprint density at radius 1 is 0.639 bits per heavy atom. The average molecular weight is 463 g/mol. The van der Waals surface area contributed by atoms with E-state index in [0.717, 1.165) is 12.1 Å². The van der Waals surface area contributed by atoms with E-state index in [1.165, 1.54) is 60.4 Å². The summed E-state index contributed by atoms with van der Waals surface area (Å²) in [6, 6.07) is 39.7. The smallest absolute Gasteiger partial charge is 0.0548 e. The van der Waals surface area contributed by atoms with E-state index in [1.807, 2.05) is 6.08 Å². The molecule has 0 saturated heterocycles. The van der Waals surface area contributed by atoms with Gasteiger partial charge in [-0.25, -0.2) is 0 Å². The van der Waals surface area contributed by atoms with Gasteiger partial charge in [0.15, 0.2) is 0 Å². The number of hydrogen-bond acceptors (Lipinski definition) is 0. The molecule has 0 saturated carbocycles. The first kappa shape index (κ1) is 20.8. The van der Waals surface area contributed by atoms with Crippen molar-refractivity contribution in [1.82, 2.24) is 9.13 Å². The summed E-state index contributed by atoms with van der Waals surface area (Å²) in [5, 5.41) is 5.24. The second-order valence-electron chi connectivity index (χ2n) is 9.59. The number of rotatable bonds is 4. The lowest BCUT2D eigenvalue weighted by Crippen LogP contribution is -1.99. The SMILES string of the molecule is C=Cc1ccc(Cn2c3ccccc3c3c4c5ccccc5n(-c5cccc(C)c5)c4ccc32)cc1. The van der Waals surface area contributed by atoms with Gasteiger partial charge in [0, 0.05) is 39.3 Å². The molecule has 2 heterocycles. The Morgan fingerprint density at radius 2 is 1.31 bits per heavy atom. The second kappa shape index (κ2) is 8.00. The summed E-state index contributed by atoms with van der Waals surface area (Å²) in [5.74, 6) is 0. The van der Waals surface area contributed by atoms with Gasteiger partial charge in [-0.3, -0.25) is 0 Å². The lowest BCUT2D eigenvalue weighted by Gasteiger charge is -2.10. The molecule has 0 spiro atoms. The van der Waals surface area contributed by atoms with Gasteiger partial charge in [-0.15, -0.1) is 0 Å². The van der Waals surface area contributed by atoms with E-state index < -0.39 is 0 Å². The number of nitrogens with zero attached hydrogens (tertiary/aromatic N) is 2. The Balaban J connectivity index is 1.58. The number of benzene rings is 5. The van der Waals surface area contributed by atoms with Crippen LogP contribution in [0, 0.1) is 6.92 Å². The fraction of sp³-hybridized carbons (Fsp3) is 0.0588. The van der Waals surface area contributed by atoms with Gasteiger partial charge in [-0.05, 0) is 60.0 Å². The summed E-state index contributed by atoms with van der Waals surface area (Å²) >= 11 is 0. The lowest BCUT2D eigenvalue weighted by molar-refractivity contribution is 0.869. The molecule has 2 heteroatoms. The van der Waals surface area contributed by atoms with E-state index in [-0.39, 0.29) is 0 Å². The molecular weight excluding hydrogens is 436 g/mol. The molecule has 7 aromatic rings. The molecule has 0 fully saturated rings. The van der Waals surface area contributed by atoms with Crippen LogP contribution in [0.5, 0.6) is 0 Å². The maximum atomic E-state index is 3.89. The van der Waals surface area contributed by atoms with Gasteiger partial charge < -0.3 is 9.13 Å². The third kappa shape index (κ3) is 3.04. The molecule has 0 bridgehead atoms. The van der Waals surface area contributed by atoms with E-state index in [4.69, 9.17) is 0 Å². The number of hydrogen-bond donors (Lipinski definition) is 0. The van der Waals surface area contributed by atoms with Gasteiger partial charge in [0.2, 0.25) is 0 Å². The van der Waals surface area contributed by atoms with Crippen molar-refractivity contribution in [2.45, 2.75) is 13.5 Å². The molecule has 2 nitrogen and oxygen atoms in total. The molecule has 0 amide bonds. The third-order valence-electron chi connectivity index (χ3n) is 7.39. The van der Waals surface area contributed by atoms with E-state index >= 15 is 0 Å². The Labute approximate surface area is 210 Å². The van der Waals surface area contributed by atoms with Crippen LogP contribution in [0.1, 0.15) is 16.7 Å². The van der Waals surface area contributed by atoms with Crippen molar-refractivity contribution < 1.29 is 0 Å². The first-order valence-electron chi connectivity index (χ1n) is 12.4. The molecule has 0 N–H and O–H groups in total. The van der Waals surface area contributed by atoms with Gasteiger partial charge in [0.25, 0.3) is 0 Å². The van der Waals surface area contributed by atoms with E-state index in [1.54, 1.807) is 0 Å². The number of aromatic nitrogens is 2. The molecule has 0 aliphatic rings. The Bertz CT molecular complexity index is 1930. The van der Waals surface area contributed by atoms with E-state index in [0.29, 0.717) is 0 Å². The van der Waals surface area contributed by atoms with Crippen molar-refractivity contribution in [1.29, 1.82) is 0 Å². The maximum absolute atomic E-state index is 3.89. The molecule has 2 aromatic heterocycles. The summed E-state index contributed by atoms with van der Waals surface area (Å²) in [6.45, 7) is 6.87. The van der Waals surface area contributed by atoms with Crippen molar-refractivity contribution in [3.05, 3.63) is 132 Å². The number of aryl methyl sites for hydroxylation is 1. The maximum Gasteiger partial charge on any atom is 0.0548 e. The van der Waals surface area contributed by atoms with Gasteiger partial charge >= 0.3 is 0 Å². The molecule has 0 unspecified atom stereocenters. The van der Waals surface area contributed by atoms with Crippen LogP contribution in [0.2, 0.25) is 0 Å². The molecule has 36 heavy (non-hydrogen) atoms. The number of fused-ring (bicyclic) bond motifs is 7. The Hall–Kier alpha value is -4.56. The zero-order chi connectivity index (χ0) is 24.2. The monoisotopic (exact) mass is 462 g/mol. The van der Waals surface area contributed by atoms with Crippen LogP contribution in [0.3, 0.4) is 0 Å². The van der Waals surface area contributed by atoms with Crippen LogP contribution in [0.15, 0.2) is 116 Å². The minimum Gasteiger partial charge on any atom is -0.336 e. The first-order chi connectivity index (χ1) is 17.7. The third-order valence-corrected chi connectivity index (χ3v) is 7.39. The highest BCUT2D eigenvalue weighted by atomic mass is 15.0. The van der Waals surface area contributed by atoms with Crippen LogP contribution in [-0.4, -0.2) is 9.13 Å². The standard InChI is InChI=1S/C34H26N2/c1-3-24-15-17-25(18-16-24)22-35-29-13-6-4-11-27(29)33-31(35)19-20-32-34(33)28-12-5-7-14-30(28)36(32)26-10-8-9-23(2)21-26/h3-21H,1,22H2,2H3. The molecule has 0 aliphatic heterocycles. The lowest BCUT2D eigenvalue weighted by atomic mass is 10.1. The summed E-state index contributed by atoms with van der Waals surface area (Å²) in [7, 11) is 0. The van der Waals surface area contributed by atoms with E-state index in [2.05, 4.69) is 132 Å². The minimum atomic E-state index is 0.823. The number of para-hydroxylation sites is 2. The fourth-order valence-electron chi connectivity index (χ4n) is 5.75. The van der Waals surface area contributed by atoms with Crippen molar-refractivity contribution in [3.63, 3.8) is 0 Å². The zero-order valence-electron chi connectivity index (χ0n) is 20.3. The van der Waals surface area contributed by atoms with Crippen LogP contribution >= 0.6 is 0 Å². The summed E-state index contributed by atoms with van der Waals surface area (Å²) in [6.07, 6.45) is 1.89. The molecule has 0 aliphatic carbocycles. The van der Waals surface area contributed by atoms with Crippen LogP contribution in [0.25, 0.3) is 55.4 Å². The Morgan fingerprint density at radius 3 is 2.06 bits per heavy atom. The van der Waals surface area contributed by atoms with Gasteiger partial charge in [0.05, 0.1) is 16.6 Å². The predicted octanol–water partition coefficient (Wildman–Crippen LogP) is 8.89. The summed E-state index contributed by atoms with van der Waals surface area (Å²) < 4.78 is 4.88. The van der Waals surface area contributed by atoms with Gasteiger partial charge in [-0.2, -0.15) is 0 Å². The molecule has 0 radical (unpaired) electrons. The predicted molar refractivity (Wildman–Crippen MR) is 154 cm³/mol. The minimum absolute atomic E-state index is 0.823. The van der Waals surface area contributed by atoms with Gasteiger partial charge in [0.1, 0.15) is 0 Å². The summed E-state index contributed by atoms with van der Waals surface area (Å²) in [5.41, 5.74) is 9.90. The highest BCUT2D eigenvalue weighted by Gasteiger charge is 2.19. The molecule has 0 atom stereocenters. The molecule has 5 aromatic carbocycles. The van der Waals surface area contributed by atoms with Crippen molar-refractivity contribution in [2.75, 3.05) is 0 Å². The van der Waals surface area contributed by atoms with Crippen molar-refractivity contribution in [2.24, 2.45) is 0 Å². The van der Waals surface area contributed by atoms with Crippen molar-refractivity contribution >= 4 is 49.7 Å². The fourth-order valence-corrected chi connectivity index (χ4v) is 5.75. The zero-order valence-corrected chi connectivity index (χ0v) is 20.3. The topological polar surface area (TPSA) is 9.86 Å². The quantitative estimate of drug-likeness (QED) is 0.247. The van der Waals surface area contributed by atoms with Crippen LogP contribution in [-0.2, 0) is 6.54 Å². The van der Waals surface area contributed by atoms with Gasteiger partial charge in [-0.1, -0.05) is 85.5 Å². The van der Waals surface area contributed by atoms with Crippen molar-refractivity contribution in [3.8, 4) is 5.69 Å². The van der Waals surface area contributed by atoms with Crippen LogP contribution < -0.4 is 0 Å². The highest BCUT2D eigenvalue weighted by Crippen LogP contribution is 2.41. The van der Waals surface area contributed by atoms with Crippen LogP contribution in [0.4, 0.5) is 0 Å². The normalized spacial score (nSPS) is 11.7. The molecule has 172 valence electrons.